The first-order valence-corrected chi connectivity index (χ1v) is 12.4. The molecule has 0 aliphatic carbocycles. The maximum atomic E-state index is 13.1. The molecule has 12 heteroatoms. The Labute approximate surface area is 194 Å². The van der Waals surface area contributed by atoms with Crippen molar-refractivity contribution in [3.63, 3.8) is 0 Å². The molecule has 0 bridgehead atoms. The number of halogens is 3. The molecule has 0 radical (unpaired) electrons. The van der Waals surface area contributed by atoms with Crippen LogP contribution in [0.2, 0.25) is 0 Å². The van der Waals surface area contributed by atoms with Crippen molar-refractivity contribution in [2.75, 3.05) is 24.1 Å². The standard InChI is InChI=1S/C22H22F3N5O3S/c1-34(32,33)28-18-8-4-15(5-9-18)6-11-20(31)29-12-2-3-16(13-29)21-27-26-19-10-7-17(14-30(19)21)22(23,24)25/h4-11,14,16,28H,2-3,12-13H2,1H3/b11-6+. The zero-order valence-electron chi connectivity index (χ0n) is 18.2. The Morgan fingerprint density at radius 3 is 2.56 bits per heavy atom. The van der Waals surface area contributed by atoms with Crippen LogP contribution in [-0.2, 0) is 21.0 Å². The van der Waals surface area contributed by atoms with Crippen LogP contribution < -0.4 is 4.72 Å². The molecule has 1 N–H and O–H groups in total. The molecule has 2 aromatic heterocycles. The molecule has 0 saturated carbocycles. The van der Waals surface area contributed by atoms with E-state index >= 15 is 0 Å². The summed E-state index contributed by atoms with van der Waals surface area (Å²) in [6.07, 6.45) is 1.98. The van der Waals surface area contributed by atoms with Gasteiger partial charge in [-0.1, -0.05) is 12.1 Å². The third kappa shape index (κ3) is 5.56. The SMILES string of the molecule is CS(=O)(=O)Nc1ccc(/C=C/C(=O)N2CCCC(c3nnc4ccc(C(F)(F)F)cn34)C2)cc1. The lowest BCUT2D eigenvalue weighted by Crippen LogP contribution is -2.38. The summed E-state index contributed by atoms with van der Waals surface area (Å²) < 4.78 is 65.7. The van der Waals surface area contributed by atoms with Crippen molar-refractivity contribution in [3.05, 3.63) is 65.6 Å². The molecule has 3 aromatic rings. The van der Waals surface area contributed by atoms with Crippen LogP contribution in [0, 0.1) is 0 Å². The van der Waals surface area contributed by atoms with E-state index in [2.05, 4.69) is 14.9 Å². The fourth-order valence-electron chi connectivity index (χ4n) is 3.89. The summed E-state index contributed by atoms with van der Waals surface area (Å²) in [5.74, 6) is -0.0738. The van der Waals surface area contributed by atoms with Crippen molar-refractivity contribution >= 4 is 33.3 Å². The van der Waals surface area contributed by atoms with Gasteiger partial charge in [0.25, 0.3) is 0 Å². The van der Waals surface area contributed by atoms with Gasteiger partial charge in [-0.05, 0) is 48.7 Å². The highest BCUT2D eigenvalue weighted by atomic mass is 32.2. The second-order valence-electron chi connectivity index (χ2n) is 8.15. The highest BCUT2D eigenvalue weighted by Gasteiger charge is 2.32. The fraction of sp³-hybridized carbons (Fsp3) is 0.318. The molecular weight excluding hydrogens is 471 g/mol. The molecule has 1 atom stereocenters. The fourth-order valence-corrected chi connectivity index (χ4v) is 4.46. The Hall–Kier alpha value is -3.41. The maximum Gasteiger partial charge on any atom is 0.417 e. The minimum Gasteiger partial charge on any atom is -0.338 e. The molecular formula is C22H22F3N5O3S. The minimum absolute atomic E-state index is 0.229. The highest BCUT2D eigenvalue weighted by molar-refractivity contribution is 7.92. The topological polar surface area (TPSA) is 96.7 Å². The van der Waals surface area contributed by atoms with Crippen molar-refractivity contribution in [1.29, 1.82) is 0 Å². The number of carbonyl (C=O) groups is 1. The number of hydrogen-bond acceptors (Lipinski definition) is 5. The molecule has 3 heterocycles. The van der Waals surface area contributed by atoms with E-state index in [1.54, 1.807) is 35.2 Å². The number of fused-ring (bicyclic) bond motifs is 1. The van der Waals surface area contributed by atoms with Crippen LogP contribution in [-0.4, -0.2) is 53.2 Å². The third-order valence-electron chi connectivity index (χ3n) is 5.49. The van der Waals surface area contributed by atoms with Crippen LogP contribution in [0.5, 0.6) is 0 Å². The van der Waals surface area contributed by atoms with E-state index in [9.17, 15) is 26.4 Å². The normalized spacial score (nSPS) is 17.4. The summed E-state index contributed by atoms with van der Waals surface area (Å²) in [5.41, 5.74) is 0.661. The number of nitrogens with one attached hydrogen (secondary N) is 1. The maximum absolute atomic E-state index is 13.1. The number of pyridine rings is 1. The molecule has 1 aliphatic heterocycles. The first-order valence-electron chi connectivity index (χ1n) is 10.5. The summed E-state index contributed by atoms with van der Waals surface area (Å²) >= 11 is 0. The second-order valence-corrected chi connectivity index (χ2v) is 9.90. The lowest BCUT2D eigenvalue weighted by Gasteiger charge is -2.31. The lowest BCUT2D eigenvalue weighted by molar-refractivity contribution is -0.137. The monoisotopic (exact) mass is 493 g/mol. The van der Waals surface area contributed by atoms with Crippen LogP contribution in [0.3, 0.4) is 0 Å². The number of benzene rings is 1. The number of sulfonamides is 1. The zero-order chi connectivity index (χ0) is 24.5. The molecule has 0 spiro atoms. The van der Waals surface area contributed by atoms with Gasteiger partial charge in [0.2, 0.25) is 15.9 Å². The van der Waals surface area contributed by atoms with Gasteiger partial charge in [0.05, 0.1) is 11.8 Å². The molecule has 1 aromatic carbocycles. The number of likely N-dealkylation sites (tertiary alicyclic amines) is 1. The van der Waals surface area contributed by atoms with Crippen LogP contribution in [0.4, 0.5) is 18.9 Å². The van der Waals surface area contributed by atoms with Gasteiger partial charge in [0.1, 0.15) is 5.82 Å². The van der Waals surface area contributed by atoms with E-state index in [0.717, 1.165) is 18.5 Å². The average molecular weight is 494 g/mol. The van der Waals surface area contributed by atoms with Gasteiger partial charge in [-0.15, -0.1) is 10.2 Å². The van der Waals surface area contributed by atoms with Crippen LogP contribution in [0.1, 0.15) is 35.7 Å². The summed E-state index contributed by atoms with van der Waals surface area (Å²) in [7, 11) is -3.37. The van der Waals surface area contributed by atoms with Crippen LogP contribution >= 0.6 is 0 Å². The zero-order valence-corrected chi connectivity index (χ0v) is 19.0. The Morgan fingerprint density at radius 1 is 1.15 bits per heavy atom. The molecule has 180 valence electrons. The molecule has 1 saturated heterocycles. The first kappa shape index (κ1) is 23.7. The smallest absolute Gasteiger partial charge is 0.338 e. The second kappa shape index (κ2) is 9.09. The number of anilines is 1. The Morgan fingerprint density at radius 2 is 1.88 bits per heavy atom. The molecule has 1 aliphatic rings. The van der Waals surface area contributed by atoms with E-state index in [1.807, 2.05) is 0 Å². The molecule has 1 fully saturated rings. The van der Waals surface area contributed by atoms with Crippen LogP contribution in [0.25, 0.3) is 11.7 Å². The summed E-state index contributed by atoms with van der Waals surface area (Å²) in [5, 5.41) is 8.08. The van der Waals surface area contributed by atoms with Gasteiger partial charge in [-0.3, -0.25) is 13.9 Å². The van der Waals surface area contributed by atoms with Crippen LogP contribution in [0.15, 0.2) is 48.7 Å². The Balaban J connectivity index is 1.46. The molecule has 8 nitrogen and oxygen atoms in total. The quantitative estimate of drug-likeness (QED) is 0.549. The largest absolute Gasteiger partial charge is 0.417 e. The van der Waals surface area contributed by atoms with E-state index < -0.39 is 21.8 Å². The third-order valence-corrected chi connectivity index (χ3v) is 6.09. The van der Waals surface area contributed by atoms with E-state index in [4.69, 9.17) is 0 Å². The van der Waals surface area contributed by atoms with Gasteiger partial charge >= 0.3 is 6.18 Å². The van der Waals surface area contributed by atoms with Gasteiger partial charge in [-0.2, -0.15) is 13.2 Å². The summed E-state index contributed by atoms with van der Waals surface area (Å²) in [6.45, 7) is 0.846. The van der Waals surface area contributed by atoms with Crippen molar-refractivity contribution < 1.29 is 26.4 Å². The highest BCUT2D eigenvalue weighted by Crippen LogP contribution is 2.31. The van der Waals surface area contributed by atoms with Crippen molar-refractivity contribution in [2.24, 2.45) is 0 Å². The predicted molar refractivity (Wildman–Crippen MR) is 120 cm³/mol. The predicted octanol–water partition coefficient (Wildman–Crippen LogP) is 3.54. The Bertz CT molecular complexity index is 1330. The van der Waals surface area contributed by atoms with Crippen molar-refractivity contribution in [1.82, 2.24) is 19.5 Å². The number of aromatic nitrogens is 3. The molecule has 34 heavy (non-hydrogen) atoms. The van der Waals surface area contributed by atoms with Gasteiger partial charge in [-0.25, -0.2) is 8.42 Å². The van der Waals surface area contributed by atoms with Gasteiger partial charge in [0, 0.05) is 37.0 Å². The Kier molecular flexibility index (Phi) is 6.34. The van der Waals surface area contributed by atoms with E-state index in [1.165, 1.54) is 16.5 Å². The summed E-state index contributed by atoms with van der Waals surface area (Å²) in [4.78, 5) is 14.4. The first-order chi connectivity index (χ1) is 16.0. The lowest BCUT2D eigenvalue weighted by atomic mass is 9.97. The number of hydrogen-bond donors (Lipinski definition) is 1. The number of piperidine rings is 1. The van der Waals surface area contributed by atoms with Gasteiger partial charge < -0.3 is 4.90 Å². The van der Waals surface area contributed by atoms with E-state index in [-0.39, 0.29) is 11.8 Å². The molecule has 4 rings (SSSR count). The number of alkyl halides is 3. The molecule has 1 amide bonds. The number of carbonyl (C=O) groups excluding carboxylic acids is 1. The molecule has 1 unspecified atom stereocenters. The number of amides is 1. The average Bonchev–Trinajstić information content (AvgIpc) is 3.20. The van der Waals surface area contributed by atoms with Crippen molar-refractivity contribution in [2.45, 2.75) is 24.9 Å². The number of nitrogens with zero attached hydrogens (tertiary/aromatic N) is 4. The van der Waals surface area contributed by atoms with E-state index in [0.29, 0.717) is 48.7 Å². The number of rotatable bonds is 5. The van der Waals surface area contributed by atoms with Crippen molar-refractivity contribution in [3.8, 4) is 0 Å². The summed E-state index contributed by atoms with van der Waals surface area (Å²) in [6, 6.07) is 8.79. The van der Waals surface area contributed by atoms with Gasteiger partial charge in [0.15, 0.2) is 5.65 Å². The minimum atomic E-state index is -4.48.